The van der Waals surface area contributed by atoms with E-state index in [2.05, 4.69) is 5.10 Å². The molecule has 1 rings (SSSR count). The van der Waals surface area contributed by atoms with Crippen LogP contribution in [0.25, 0.3) is 0 Å². The highest BCUT2D eigenvalue weighted by molar-refractivity contribution is 4.90. The highest BCUT2D eigenvalue weighted by Crippen LogP contribution is 1.73. The van der Waals surface area contributed by atoms with Gasteiger partial charge in [-0.3, -0.25) is 0 Å². The third kappa shape index (κ3) is 1.02. The Bertz CT molecular complexity index is 252. The molecule has 0 unspecified atom stereocenters. The Morgan fingerprint density at radius 3 is 2.78 bits per heavy atom. The minimum absolute atomic E-state index is 0.331. The molecule has 0 aliphatic carbocycles. The predicted molar refractivity (Wildman–Crippen MR) is 31.4 cm³/mol. The first-order valence-electron chi connectivity index (χ1n) is 2.45. The third-order valence-electron chi connectivity index (χ3n) is 0.951. The van der Waals surface area contributed by atoms with Gasteiger partial charge >= 0.3 is 0 Å². The van der Waals surface area contributed by atoms with Crippen molar-refractivity contribution in [2.24, 2.45) is 10.9 Å². The van der Waals surface area contributed by atoms with Crippen molar-refractivity contribution >= 4 is 0 Å². The van der Waals surface area contributed by atoms with Crippen molar-refractivity contribution in [2.75, 3.05) is 0 Å². The molecule has 4 nitrogen and oxygen atoms in total. The van der Waals surface area contributed by atoms with E-state index in [4.69, 9.17) is 11.0 Å². The normalized spacial score (nSPS) is 11.8. The Balaban J connectivity index is 3.33. The Kier molecular flexibility index (Phi) is 1.40. The Morgan fingerprint density at radius 2 is 2.33 bits per heavy atom. The molecule has 1 aromatic rings. The molecule has 0 bridgehead atoms. The first kappa shape index (κ1) is 5.68. The number of nitrogens with zero attached hydrogens (tertiary/aromatic N) is 2. The Hall–Kier alpha value is -1.45. The quantitative estimate of drug-likeness (QED) is 0.279. The minimum atomic E-state index is 0.331. The van der Waals surface area contributed by atoms with Gasteiger partial charge in [-0.1, -0.05) is 6.07 Å². The van der Waals surface area contributed by atoms with Gasteiger partial charge in [0.15, 0.2) is 5.49 Å². The number of rotatable bonds is 0. The molecular formula is C5H7N3O. The second kappa shape index (κ2) is 2.21. The predicted octanol–water partition coefficient (Wildman–Crippen LogP) is -0.500. The average molecular weight is 125 g/mol. The molecule has 9 heavy (non-hydrogen) atoms. The lowest BCUT2D eigenvalue weighted by molar-refractivity contribution is 0.171. The summed E-state index contributed by atoms with van der Waals surface area (Å²) in [5.41, 5.74) is 0.331. The number of nitrogens with two attached hydrogens (primary N) is 1. The monoisotopic (exact) mass is 125 g/mol. The maximum Gasteiger partial charge on any atom is 0.186 e. The van der Waals surface area contributed by atoms with E-state index in [1.54, 1.807) is 18.2 Å². The van der Waals surface area contributed by atoms with Crippen molar-refractivity contribution in [3.63, 3.8) is 0 Å². The van der Waals surface area contributed by atoms with Crippen molar-refractivity contribution in [1.29, 1.82) is 0 Å². The second-order valence-corrected chi connectivity index (χ2v) is 1.53. The van der Waals surface area contributed by atoms with Gasteiger partial charge in [-0.15, -0.1) is 0 Å². The lowest BCUT2D eigenvalue weighted by Gasteiger charge is -1.92. The van der Waals surface area contributed by atoms with Gasteiger partial charge in [0.25, 0.3) is 0 Å². The van der Waals surface area contributed by atoms with Crippen molar-refractivity contribution in [2.45, 2.75) is 0 Å². The first-order chi connectivity index (χ1) is 4.34. The molecular weight excluding hydrogens is 118 g/mol. The molecule has 0 fully saturated rings. The molecule has 0 radical (unpaired) electrons. The molecule has 0 atom stereocenters. The fourth-order valence-corrected chi connectivity index (χ4v) is 0.528. The smallest absolute Gasteiger partial charge is 0.186 e. The van der Waals surface area contributed by atoms with Crippen molar-refractivity contribution < 1.29 is 5.21 Å². The van der Waals surface area contributed by atoms with Gasteiger partial charge in [-0.2, -0.15) is 9.83 Å². The number of pyridine rings is 1. The summed E-state index contributed by atoms with van der Waals surface area (Å²) in [6.45, 7) is 0. The lowest BCUT2D eigenvalue weighted by Crippen LogP contribution is -2.18. The van der Waals surface area contributed by atoms with Crippen LogP contribution >= 0.6 is 0 Å². The van der Waals surface area contributed by atoms with Gasteiger partial charge in [0.05, 0.1) is 0 Å². The summed E-state index contributed by atoms with van der Waals surface area (Å²) < 4.78 is 0.847. The van der Waals surface area contributed by atoms with E-state index in [0.29, 0.717) is 5.49 Å². The number of hydrogen-bond acceptors (Lipinski definition) is 3. The standard InChI is InChI=1S/C5H7N3O/c6-7-5-3-1-2-4-8(5)9/h1-4,9H,6H2. The van der Waals surface area contributed by atoms with E-state index in [9.17, 15) is 0 Å². The molecule has 0 spiro atoms. The van der Waals surface area contributed by atoms with Crippen LogP contribution in [0.3, 0.4) is 0 Å². The first-order valence-corrected chi connectivity index (χ1v) is 2.45. The summed E-state index contributed by atoms with van der Waals surface area (Å²) >= 11 is 0. The van der Waals surface area contributed by atoms with Crippen LogP contribution in [-0.2, 0) is 0 Å². The van der Waals surface area contributed by atoms with E-state index < -0.39 is 0 Å². The van der Waals surface area contributed by atoms with Crippen LogP contribution < -0.4 is 11.3 Å². The summed E-state index contributed by atoms with van der Waals surface area (Å²) in [4.78, 5) is 0. The maximum atomic E-state index is 8.85. The van der Waals surface area contributed by atoms with Gasteiger partial charge in [0, 0.05) is 6.20 Å². The molecule has 48 valence electrons. The minimum Gasteiger partial charge on any atom is -0.427 e. The highest BCUT2D eigenvalue weighted by atomic mass is 16.5. The molecule has 0 aliphatic heterocycles. The van der Waals surface area contributed by atoms with E-state index in [-0.39, 0.29) is 0 Å². The van der Waals surface area contributed by atoms with Gasteiger partial charge in [0.1, 0.15) is 0 Å². The van der Waals surface area contributed by atoms with Crippen molar-refractivity contribution in [3.8, 4) is 0 Å². The van der Waals surface area contributed by atoms with Gasteiger partial charge < -0.3 is 11.0 Å². The van der Waals surface area contributed by atoms with Crippen LogP contribution in [-0.4, -0.2) is 9.94 Å². The Labute approximate surface area is 51.8 Å². The highest BCUT2D eigenvalue weighted by Gasteiger charge is 1.81. The molecule has 0 aromatic carbocycles. The second-order valence-electron chi connectivity index (χ2n) is 1.53. The molecule has 0 amide bonds. The molecule has 4 heteroatoms. The SMILES string of the molecule is NN=c1ccccn1O. The lowest BCUT2D eigenvalue weighted by atomic mass is 10.5. The third-order valence-corrected chi connectivity index (χ3v) is 0.951. The van der Waals surface area contributed by atoms with Crippen LogP contribution in [0, 0.1) is 0 Å². The molecule has 1 heterocycles. The topological polar surface area (TPSA) is 63.5 Å². The number of hydrogen-bond donors (Lipinski definition) is 2. The van der Waals surface area contributed by atoms with Gasteiger partial charge in [-0.25, -0.2) is 0 Å². The van der Waals surface area contributed by atoms with Crippen LogP contribution in [0.2, 0.25) is 0 Å². The van der Waals surface area contributed by atoms with Crippen molar-refractivity contribution in [3.05, 3.63) is 29.9 Å². The largest absolute Gasteiger partial charge is 0.427 e. The van der Waals surface area contributed by atoms with E-state index in [1.807, 2.05) is 0 Å². The van der Waals surface area contributed by atoms with E-state index >= 15 is 0 Å². The van der Waals surface area contributed by atoms with E-state index in [1.165, 1.54) is 6.20 Å². The zero-order chi connectivity index (χ0) is 6.69. The fraction of sp³-hybridized carbons (Fsp3) is 0. The summed E-state index contributed by atoms with van der Waals surface area (Å²) in [5, 5.41) is 12.1. The summed E-state index contributed by atoms with van der Waals surface area (Å²) in [6.07, 6.45) is 1.45. The summed E-state index contributed by atoms with van der Waals surface area (Å²) in [6, 6.07) is 5.01. The molecule has 1 aromatic heterocycles. The van der Waals surface area contributed by atoms with Gasteiger partial charge in [0.2, 0.25) is 0 Å². The zero-order valence-corrected chi connectivity index (χ0v) is 4.73. The number of aromatic nitrogens is 1. The van der Waals surface area contributed by atoms with Gasteiger partial charge in [-0.05, 0) is 12.1 Å². The van der Waals surface area contributed by atoms with Crippen LogP contribution in [0.1, 0.15) is 0 Å². The zero-order valence-electron chi connectivity index (χ0n) is 4.73. The van der Waals surface area contributed by atoms with Crippen LogP contribution in [0.15, 0.2) is 29.5 Å². The average Bonchev–Trinajstić information content (AvgIpc) is 1.89. The molecule has 0 saturated carbocycles. The van der Waals surface area contributed by atoms with Crippen LogP contribution in [0.4, 0.5) is 0 Å². The van der Waals surface area contributed by atoms with Crippen molar-refractivity contribution in [1.82, 2.24) is 4.73 Å². The summed E-state index contributed by atoms with van der Waals surface area (Å²) in [5.74, 6) is 4.89. The Morgan fingerprint density at radius 1 is 1.56 bits per heavy atom. The molecule has 0 saturated heterocycles. The summed E-state index contributed by atoms with van der Waals surface area (Å²) in [7, 11) is 0. The molecule has 3 N–H and O–H groups in total. The fourth-order valence-electron chi connectivity index (χ4n) is 0.528. The maximum absolute atomic E-state index is 8.85. The van der Waals surface area contributed by atoms with Crippen LogP contribution in [0.5, 0.6) is 0 Å². The molecule has 0 aliphatic rings. The van der Waals surface area contributed by atoms with E-state index in [0.717, 1.165) is 4.73 Å².